The van der Waals surface area contributed by atoms with Crippen molar-refractivity contribution in [1.82, 2.24) is 25.6 Å². The van der Waals surface area contributed by atoms with Gasteiger partial charge in [0.25, 0.3) is 0 Å². The number of pyridine rings is 1. The smallest absolute Gasteiger partial charge is 0.0780 e. The van der Waals surface area contributed by atoms with Crippen molar-refractivity contribution in [3.05, 3.63) is 35.9 Å². The van der Waals surface area contributed by atoms with E-state index in [1.165, 1.54) is 5.56 Å². The fraction of sp³-hybridized carbons (Fsp3) is 0.0909. The van der Waals surface area contributed by atoms with Gasteiger partial charge in [0.05, 0.1) is 17.0 Å². The van der Waals surface area contributed by atoms with Gasteiger partial charge in [-0.2, -0.15) is 5.21 Å². The molecule has 0 spiro atoms. The average Bonchev–Trinajstić information content (AvgIpc) is 2.82. The van der Waals surface area contributed by atoms with Crippen LogP contribution in [0.1, 0.15) is 5.56 Å². The number of tetrazole rings is 1. The second-order valence-corrected chi connectivity index (χ2v) is 3.60. The summed E-state index contributed by atoms with van der Waals surface area (Å²) >= 11 is 0. The predicted octanol–water partition coefficient (Wildman–Crippen LogP) is 1.35. The fourth-order valence-electron chi connectivity index (χ4n) is 1.62. The van der Waals surface area contributed by atoms with Crippen LogP contribution < -0.4 is 5.10 Å². The maximum atomic E-state index is 4.45. The highest BCUT2D eigenvalue weighted by Crippen LogP contribution is 2.18. The first-order valence-electron chi connectivity index (χ1n) is 4.89. The SMILES string of the molecule is Cc1ccc2nc(-c3nnn[n-]3)ccc2c1. The summed E-state index contributed by atoms with van der Waals surface area (Å²) in [6.45, 7) is 2.06. The summed E-state index contributed by atoms with van der Waals surface area (Å²) in [6.07, 6.45) is 0. The topological polar surface area (TPSA) is 65.7 Å². The first kappa shape index (κ1) is 8.96. The summed E-state index contributed by atoms with van der Waals surface area (Å²) in [7, 11) is 0. The van der Waals surface area contributed by atoms with Crippen LogP contribution in [0.4, 0.5) is 0 Å². The van der Waals surface area contributed by atoms with Gasteiger partial charge in [-0.15, -0.1) is 0 Å². The molecule has 16 heavy (non-hydrogen) atoms. The number of nitrogens with zero attached hydrogens (tertiary/aromatic N) is 5. The van der Waals surface area contributed by atoms with Crippen molar-refractivity contribution in [2.45, 2.75) is 6.92 Å². The van der Waals surface area contributed by atoms with Crippen molar-refractivity contribution >= 4 is 10.9 Å². The largest absolute Gasteiger partial charge is 0.329 e. The molecule has 0 N–H and O–H groups in total. The Balaban J connectivity index is 2.20. The van der Waals surface area contributed by atoms with Crippen LogP contribution in [0.2, 0.25) is 0 Å². The van der Waals surface area contributed by atoms with Crippen molar-refractivity contribution in [1.29, 1.82) is 0 Å². The molecule has 78 valence electrons. The van der Waals surface area contributed by atoms with Gasteiger partial charge in [-0.05, 0) is 25.1 Å². The molecule has 1 aromatic carbocycles. The van der Waals surface area contributed by atoms with Crippen LogP contribution in [0, 0.1) is 6.92 Å². The van der Waals surface area contributed by atoms with E-state index in [4.69, 9.17) is 0 Å². The highest BCUT2D eigenvalue weighted by molar-refractivity contribution is 5.81. The van der Waals surface area contributed by atoms with Crippen molar-refractivity contribution in [3.63, 3.8) is 0 Å². The number of aryl methyl sites for hydroxylation is 1. The zero-order chi connectivity index (χ0) is 11.0. The minimum atomic E-state index is 0.461. The second-order valence-electron chi connectivity index (χ2n) is 3.60. The van der Waals surface area contributed by atoms with Gasteiger partial charge < -0.3 is 5.10 Å². The molecule has 2 heterocycles. The lowest BCUT2D eigenvalue weighted by Crippen LogP contribution is -1.89. The molecule has 0 fully saturated rings. The minimum Gasteiger partial charge on any atom is -0.329 e. The molecule has 5 heteroatoms. The summed E-state index contributed by atoms with van der Waals surface area (Å²) in [4.78, 5) is 4.45. The molecule has 0 aliphatic rings. The lowest BCUT2D eigenvalue weighted by molar-refractivity contribution is 0.871. The predicted molar refractivity (Wildman–Crippen MR) is 58.6 cm³/mol. The number of hydrogen-bond acceptors (Lipinski definition) is 4. The molecule has 0 atom stereocenters. The molecule has 0 amide bonds. The highest BCUT2D eigenvalue weighted by Gasteiger charge is 1.99. The number of rotatable bonds is 1. The molecular weight excluding hydrogens is 202 g/mol. The van der Waals surface area contributed by atoms with Crippen LogP contribution in [0.3, 0.4) is 0 Å². The van der Waals surface area contributed by atoms with Gasteiger partial charge in [-0.25, -0.2) is 4.98 Å². The van der Waals surface area contributed by atoms with Crippen molar-refractivity contribution in [2.75, 3.05) is 0 Å². The maximum absolute atomic E-state index is 4.45. The summed E-state index contributed by atoms with van der Waals surface area (Å²) in [6, 6.07) is 9.98. The standard InChI is InChI=1S/C11H8N5/c1-7-2-4-9-8(6-7)3-5-10(12-9)11-13-15-16-14-11/h2-6H,1H3/q-1. The van der Waals surface area contributed by atoms with Gasteiger partial charge in [-0.3, -0.25) is 10.3 Å². The Morgan fingerprint density at radius 3 is 2.88 bits per heavy atom. The van der Waals surface area contributed by atoms with Crippen LogP contribution >= 0.6 is 0 Å². The Morgan fingerprint density at radius 2 is 2.06 bits per heavy atom. The Labute approximate surface area is 91.5 Å². The van der Waals surface area contributed by atoms with Gasteiger partial charge >= 0.3 is 0 Å². The molecular formula is C11H8N5-. The molecule has 2 aromatic heterocycles. The van der Waals surface area contributed by atoms with E-state index in [-0.39, 0.29) is 0 Å². The minimum absolute atomic E-state index is 0.461. The van der Waals surface area contributed by atoms with E-state index in [9.17, 15) is 0 Å². The monoisotopic (exact) mass is 210 g/mol. The Kier molecular flexibility index (Phi) is 1.89. The van der Waals surface area contributed by atoms with E-state index in [1.807, 2.05) is 24.3 Å². The third kappa shape index (κ3) is 1.42. The Morgan fingerprint density at radius 1 is 1.12 bits per heavy atom. The van der Waals surface area contributed by atoms with Gasteiger partial charge in [0.15, 0.2) is 0 Å². The molecule has 0 saturated carbocycles. The van der Waals surface area contributed by atoms with Gasteiger partial charge in [0.2, 0.25) is 0 Å². The summed E-state index contributed by atoms with van der Waals surface area (Å²) < 4.78 is 0. The average molecular weight is 210 g/mol. The number of benzene rings is 1. The number of hydrogen-bond donors (Lipinski definition) is 0. The zero-order valence-electron chi connectivity index (χ0n) is 8.62. The molecule has 0 aliphatic carbocycles. The van der Waals surface area contributed by atoms with E-state index in [0.29, 0.717) is 11.5 Å². The van der Waals surface area contributed by atoms with Crippen molar-refractivity contribution in [2.24, 2.45) is 0 Å². The third-order valence-corrected chi connectivity index (χ3v) is 2.39. The summed E-state index contributed by atoms with van der Waals surface area (Å²) in [5.74, 6) is 0.461. The molecule has 3 aromatic rings. The molecule has 0 unspecified atom stereocenters. The summed E-state index contributed by atoms with van der Waals surface area (Å²) in [5, 5.41) is 15.5. The highest BCUT2D eigenvalue weighted by atomic mass is 15.5. The van der Waals surface area contributed by atoms with E-state index >= 15 is 0 Å². The molecule has 0 radical (unpaired) electrons. The lowest BCUT2D eigenvalue weighted by atomic mass is 10.1. The summed E-state index contributed by atoms with van der Waals surface area (Å²) in [5.41, 5.74) is 2.84. The third-order valence-electron chi connectivity index (χ3n) is 2.39. The zero-order valence-corrected chi connectivity index (χ0v) is 8.62. The Bertz CT molecular complexity index is 630. The normalized spacial score (nSPS) is 10.8. The molecule has 5 nitrogen and oxygen atoms in total. The second kappa shape index (κ2) is 3.37. The number of aromatic nitrogens is 5. The first-order valence-corrected chi connectivity index (χ1v) is 4.89. The van der Waals surface area contributed by atoms with Crippen LogP contribution in [-0.4, -0.2) is 20.5 Å². The first-order chi connectivity index (χ1) is 7.83. The van der Waals surface area contributed by atoms with Gasteiger partial charge in [0, 0.05) is 5.39 Å². The molecule has 0 bridgehead atoms. The van der Waals surface area contributed by atoms with Crippen LogP contribution in [-0.2, 0) is 0 Å². The molecule has 0 aliphatic heterocycles. The molecule has 3 rings (SSSR count). The van der Waals surface area contributed by atoms with Crippen LogP contribution in [0.5, 0.6) is 0 Å². The fourth-order valence-corrected chi connectivity index (χ4v) is 1.62. The van der Waals surface area contributed by atoms with E-state index < -0.39 is 0 Å². The van der Waals surface area contributed by atoms with Crippen molar-refractivity contribution in [3.8, 4) is 11.5 Å². The van der Waals surface area contributed by atoms with E-state index in [2.05, 4.69) is 38.6 Å². The van der Waals surface area contributed by atoms with Crippen LogP contribution in [0.25, 0.3) is 22.4 Å². The Hall–Kier alpha value is -2.30. The van der Waals surface area contributed by atoms with Gasteiger partial charge in [0.1, 0.15) is 0 Å². The van der Waals surface area contributed by atoms with E-state index in [0.717, 1.165) is 10.9 Å². The maximum Gasteiger partial charge on any atom is 0.0780 e. The van der Waals surface area contributed by atoms with Gasteiger partial charge in [-0.1, -0.05) is 17.7 Å². The lowest BCUT2D eigenvalue weighted by Gasteiger charge is -2.02. The van der Waals surface area contributed by atoms with Crippen LogP contribution in [0.15, 0.2) is 30.3 Å². The van der Waals surface area contributed by atoms with Crippen molar-refractivity contribution < 1.29 is 0 Å². The molecule has 0 saturated heterocycles. The number of fused-ring (bicyclic) bond motifs is 1. The quantitative estimate of drug-likeness (QED) is 0.606. The van der Waals surface area contributed by atoms with E-state index in [1.54, 1.807) is 0 Å².